The lowest BCUT2D eigenvalue weighted by Gasteiger charge is -2.24. The summed E-state index contributed by atoms with van der Waals surface area (Å²) in [5.41, 5.74) is 2.26. The molecule has 0 bridgehead atoms. The summed E-state index contributed by atoms with van der Waals surface area (Å²) < 4.78 is 5.44. The normalized spacial score (nSPS) is 11.6. The lowest BCUT2D eigenvalue weighted by molar-refractivity contribution is -0.120. The zero-order valence-corrected chi connectivity index (χ0v) is 14.8. The molecule has 0 radical (unpaired) electrons. The number of carbonyl (C=O) groups is 1. The van der Waals surface area contributed by atoms with Crippen molar-refractivity contribution in [2.45, 2.75) is 26.4 Å². The Balaban J connectivity index is 1.95. The van der Waals surface area contributed by atoms with Crippen molar-refractivity contribution in [2.24, 2.45) is 0 Å². The van der Waals surface area contributed by atoms with Crippen molar-refractivity contribution in [1.29, 1.82) is 5.26 Å². The molecule has 0 aliphatic rings. The van der Waals surface area contributed by atoms with Crippen molar-refractivity contribution in [3.63, 3.8) is 0 Å². The first-order chi connectivity index (χ1) is 12.0. The van der Waals surface area contributed by atoms with Crippen molar-refractivity contribution in [2.75, 3.05) is 19.0 Å². The fourth-order valence-corrected chi connectivity index (χ4v) is 2.40. The van der Waals surface area contributed by atoms with Crippen molar-refractivity contribution in [1.82, 2.24) is 4.90 Å². The van der Waals surface area contributed by atoms with Crippen LogP contribution in [0.5, 0.6) is 5.75 Å². The van der Waals surface area contributed by atoms with Gasteiger partial charge in [0.25, 0.3) is 0 Å². The Kier molecular flexibility index (Phi) is 6.55. The molecule has 0 spiro atoms. The molecule has 2 aromatic rings. The van der Waals surface area contributed by atoms with Crippen LogP contribution in [0.4, 0.5) is 5.69 Å². The number of likely N-dealkylation sites (N-methyl/N-ethyl adjacent to an activating group) is 1. The molecule has 0 saturated heterocycles. The molecule has 0 aliphatic heterocycles. The summed E-state index contributed by atoms with van der Waals surface area (Å²) in [6, 6.07) is 16.5. The molecule has 0 unspecified atom stereocenters. The fourth-order valence-electron chi connectivity index (χ4n) is 2.40. The molecule has 2 aromatic carbocycles. The average Bonchev–Trinajstić information content (AvgIpc) is 2.63. The molecule has 1 amide bonds. The standard InChI is InChI=1S/C20H23N3O2/c1-4-25-19-10-8-16(9-11-19)14-23(3)15(2)20(24)22-18-7-5-6-17(12-18)13-21/h5-12,15H,4,14H2,1-3H3,(H,22,24)/t15-/m1/s1. The Morgan fingerprint density at radius 3 is 2.64 bits per heavy atom. The number of nitrogens with zero attached hydrogens (tertiary/aromatic N) is 2. The zero-order chi connectivity index (χ0) is 18.2. The summed E-state index contributed by atoms with van der Waals surface area (Å²) in [4.78, 5) is 14.4. The second kappa shape index (κ2) is 8.86. The van der Waals surface area contributed by atoms with Gasteiger partial charge in [0.05, 0.1) is 24.3 Å². The lowest BCUT2D eigenvalue weighted by atomic mass is 10.1. The van der Waals surface area contributed by atoms with E-state index in [0.717, 1.165) is 11.3 Å². The highest BCUT2D eigenvalue weighted by Gasteiger charge is 2.18. The molecule has 1 atom stereocenters. The molecule has 25 heavy (non-hydrogen) atoms. The van der Waals surface area contributed by atoms with Gasteiger partial charge in [0.15, 0.2) is 0 Å². The average molecular weight is 337 g/mol. The van der Waals surface area contributed by atoms with Crippen LogP contribution in [0.2, 0.25) is 0 Å². The number of benzene rings is 2. The highest BCUT2D eigenvalue weighted by Crippen LogP contribution is 2.15. The van der Waals surface area contributed by atoms with E-state index in [4.69, 9.17) is 10.00 Å². The van der Waals surface area contributed by atoms with E-state index in [9.17, 15) is 4.79 Å². The van der Waals surface area contributed by atoms with E-state index in [-0.39, 0.29) is 11.9 Å². The maximum Gasteiger partial charge on any atom is 0.241 e. The number of anilines is 1. The first-order valence-corrected chi connectivity index (χ1v) is 8.26. The van der Waals surface area contributed by atoms with Crippen molar-refractivity contribution in [3.05, 3.63) is 59.7 Å². The molecule has 0 aromatic heterocycles. The van der Waals surface area contributed by atoms with Crippen LogP contribution in [0, 0.1) is 11.3 Å². The van der Waals surface area contributed by atoms with Crippen LogP contribution in [-0.4, -0.2) is 30.5 Å². The van der Waals surface area contributed by atoms with E-state index in [1.54, 1.807) is 24.3 Å². The van der Waals surface area contributed by atoms with Crippen molar-refractivity contribution < 1.29 is 9.53 Å². The Bertz CT molecular complexity index is 750. The Morgan fingerprint density at radius 2 is 2.00 bits per heavy atom. The van der Waals surface area contributed by atoms with Gasteiger partial charge < -0.3 is 10.1 Å². The number of hydrogen-bond donors (Lipinski definition) is 1. The highest BCUT2D eigenvalue weighted by atomic mass is 16.5. The van der Waals surface area contributed by atoms with Gasteiger partial charge in [-0.05, 0) is 56.8 Å². The van der Waals surface area contributed by atoms with Crippen LogP contribution < -0.4 is 10.1 Å². The number of nitrogens with one attached hydrogen (secondary N) is 1. The monoisotopic (exact) mass is 337 g/mol. The molecule has 0 heterocycles. The highest BCUT2D eigenvalue weighted by molar-refractivity contribution is 5.94. The van der Waals surface area contributed by atoms with Crippen LogP contribution in [-0.2, 0) is 11.3 Å². The maximum atomic E-state index is 12.4. The predicted octanol–water partition coefficient (Wildman–Crippen LogP) is 3.42. The number of carbonyl (C=O) groups excluding carboxylic acids is 1. The second-order valence-electron chi connectivity index (χ2n) is 5.85. The van der Waals surface area contributed by atoms with Gasteiger partial charge >= 0.3 is 0 Å². The molecule has 0 saturated carbocycles. The van der Waals surface area contributed by atoms with Gasteiger partial charge in [-0.3, -0.25) is 9.69 Å². The smallest absolute Gasteiger partial charge is 0.241 e. The van der Waals surface area contributed by atoms with Gasteiger partial charge in [-0.15, -0.1) is 0 Å². The number of amides is 1. The van der Waals surface area contributed by atoms with E-state index >= 15 is 0 Å². The minimum atomic E-state index is -0.308. The molecule has 0 fully saturated rings. The summed E-state index contributed by atoms with van der Waals surface area (Å²) in [6.45, 7) is 5.11. The summed E-state index contributed by atoms with van der Waals surface area (Å²) >= 11 is 0. The lowest BCUT2D eigenvalue weighted by Crippen LogP contribution is -2.39. The Hall–Kier alpha value is -2.84. The largest absolute Gasteiger partial charge is 0.494 e. The van der Waals surface area contributed by atoms with E-state index < -0.39 is 0 Å². The number of ether oxygens (including phenoxy) is 1. The van der Waals surface area contributed by atoms with Crippen molar-refractivity contribution in [3.8, 4) is 11.8 Å². The number of rotatable bonds is 7. The van der Waals surface area contributed by atoms with Crippen LogP contribution in [0.3, 0.4) is 0 Å². The van der Waals surface area contributed by atoms with Crippen LogP contribution >= 0.6 is 0 Å². The van der Waals surface area contributed by atoms with Gasteiger partial charge in [-0.25, -0.2) is 0 Å². The van der Waals surface area contributed by atoms with E-state index in [1.165, 1.54) is 0 Å². The summed E-state index contributed by atoms with van der Waals surface area (Å²) in [5, 5.41) is 11.8. The molecule has 5 nitrogen and oxygen atoms in total. The quantitative estimate of drug-likeness (QED) is 0.841. The predicted molar refractivity (Wildman–Crippen MR) is 98.3 cm³/mol. The van der Waals surface area contributed by atoms with Gasteiger partial charge in [0.1, 0.15) is 5.75 Å². The first-order valence-electron chi connectivity index (χ1n) is 8.26. The number of hydrogen-bond acceptors (Lipinski definition) is 4. The molecule has 0 aliphatic carbocycles. The van der Waals surface area contributed by atoms with Gasteiger partial charge in [-0.2, -0.15) is 5.26 Å². The third-order valence-electron chi connectivity index (χ3n) is 3.97. The summed E-state index contributed by atoms with van der Waals surface area (Å²) in [7, 11) is 1.91. The second-order valence-corrected chi connectivity index (χ2v) is 5.85. The van der Waals surface area contributed by atoms with Crippen molar-refractivity contribution >= 4 is 11.6 Å². The van der Waals surface area contributed by atoms with E-state index in [0.29, 0.717) is 24.4 Å². The third kappa shape index (κ3) is 5.33. The van der Waals surface area contributed by atoms with E-state index in [1.807, 2.05) is 50.1 Å². The van der Waals surface area contributed by atoms with Crippen LogP contribution in [0.25, 0.3) is 0 Å². The summed E-state index contributed by atoms with van der Waals surface area (Å²) in [5.74, 6) is 0.737. The van der Waals surface area contributed by atoms with E-state index in [2.05, 4.69) is 11.4 Å². The molecule has 1 N–H and O–H groups in total. The van der Waals surface area contributed by atoms with Gasteiger partial charge in [0, 0.05) is 12.2 Å². The third-order valence-corrected chi connectivity index (χ3v) is 3.97. The molecule has 130 valence electrons. The van der Waals surface area contributed by atoms with Crippen LogP contribution in [0.15, 0.2) is 48.5 Å². The molecule has 2 rings (SSSR count). The molecular formula is C20H23N3O2. The van der Waals surface area contributed by atoms with Gasteiger partial charge in [0.2, 0.25) is 5.91 Å². The Labute approximate surface area is 148 Å². The topological polar surface area (TPSA) is 65.4 Å². The summed E-state index contributed by atoms with van der Waals surface area (Å²) in [6.07, 6.45) is 0. The minimum Gasteiger partial charge on any atom is -0.494 e. The van der Waals surface area contributed by atoms with Crippen LogP contribution in [0.1, 0.15) is 25.0 Å². The maximum absolute atomic E-state index is 12.4. The molecule has 5 heteroatoms. The minimum absolute atomic E-state index is 0.108. The Morgan fingerprint density at radius 1 is 1.28 bits per heavy atom. The molecular weight excluding hydrogens is 314 g/mol. The van der Waals surface area contributed by atoms with Gasteiger partial charge in [-0.1, -0.05) is 18.2 Å². The fraction of sp³-hybridized carbons (Fsp3) is 0.300. The zero-order valence-electron chi connectivity index (χ0n) is 14.8. The number of nitriles is 1. The SMILES string of the molecule is CCOc1ccc(CN(C)[C@H](C)C(=O)Nc2cccc(C#N)c2)cc1. The first kappa shape index (κ1) is 18.5.